The third-order valence-corrected chi connectivity index (χ3v) is 11.7. The molecule has 0 saturated heterocycles. The van der Waals surface area contributed by atoms with E-state index >= 15 is 0 Å². The Balaban J connectivity index is 1.36. The molecule has 0 bridgehead atoms. The summed E-state index contributed by atoms with van der Waals surface area (Å²) in [6.07, 6.45) is 12.6. The van der Waals surface area contributed by atoms with E-state index < -0.39 is 0 Å². The van der Waals surface area contributed by atoms with Crippen molar-refractivity contribution in [3.8, 4) is 11.1 Å². The topological polar surface area (TPSA) is 16.4 Å². The first-order valence-electron chi connectivity index (χ1n) is 19.7. The second-order valence-electron chi connectivity index (χ2n) is 16.4. The maximum atomic E-state index is 6.57. The van der Waals surface area contributed by atoms with E-state index in [4.69, 9.17) is 4.42 Å². The van der Waals surface area contributed by atoms with Crippen LogP contribution in [0.3, 0.4) is 0 Å². The molecule has 0 amide bonds. The fourth-order valence-corrected chi connectivity index (χ4v) is 9.01. The van der Waals surface area contributed by atoms with Gasteiger partial charge in [0.15, 0.2) is 0 Å². The number of fused-ring (bicyclic) bond motifs is 4. The summed E-state index contributed by atoms with van der Waals surface area (Å²) in [5, 5.41) is 5.03. The molecule has 53 heavy (non-hydrogen) atoms. The second-order valence-corrected chi connectivity index (χ2v) is 16.4. The summed E-state index contributed by atoms with van der Waals surface area (Å²) in [5.41, 5.74) is 13.2. The van der Waals surface area contributed by atoms with Crippen molar-refractivity contribution in [3.05, 3.63) is 162 Å². The Hall–Kier alpha value is -5.34. The highest BCUT2D eigenvalue weighted by Gasteiger charge is 2.30. The molecule has 9 rings (SSSR count). The molecule has 2 heteroatoms. The fraction of sp³-hybridized carbons (Fsp3) is 0.255. The number of rotatable bonds is 6. The summed E-state index contributed by atoms with van der Waals surface area (Å²) >= 11 is 0. The highest BCUT2D eigenvalue weighted by molar-refractivity contribution is 6.14. The molecule has 6 aromatic carbocycles. The fourth-order valence-electron chi connectivity index (χ4n) is 9.01. The largest absolute Gasteiger partial charge is 0.456 e. The first-order valence-corrected chi connectivity index (χ1v) is 19.7. The number of anilines is 2. The van der Waals surface area contributed by atoms with Crippen LogP contribution in [0.1, 0.15) is 88.8 Å². The van der Waals surface area contributed by atoms with Crippen LogP contribution in [0, 0.1) is 5.92 Å². The van der Waals surface area contributed by atoms with Gasteiger partial charge in [0.1, 0.15) is 11.2 Å². The van der Waals surface area contributed by atoms with Crippen LogP contribution in [-0.4, -0.2) is 0 Å². The smallest absolute Gasteiger partial charge is 0.137 e. The van der Waals surface area contributed by atoms with Crippen LogP contribution in [0.15, 0.2) is 150 Å². The van der Waals surface area contributed by atoms with E-state index in [9.17, 15) is 0 Å². The summed E-state index contributed by atoms with van der Waals surface area (Å²) in [4.78, 5) is 2.58. The molecule has 0 N–H and O–H groups in total. The lowest BCUT2D eigenvalue weighted by atomic mass is 9.79. The molecule has 0 spiro atoms. The van der Waals surface area contributed by atoms with Gasteiger partial charge in [-0.25, -0.2) is 0 Å². The van der Waals surface area contributed by atoms with Gasteiger partial charge in [0.05, 0.1) is 16.8 Å². The van der Waals surface area contributed by atoms with Gasteiger partial charge >= 0.3 is 0 Å². The van der Waals surface area contributed by atoms with E-state index in [1.54, 1.807) is 0 Å². The zero-order chi connectivity index (χ0) is 36.1. The zero-order valence-electron chi connectivity index (χ0n) is 31.5. The molecule has 1 atom stereocenters. The van der Waals surface area contributed by atoms with Crippen LogP contribution in [0.4, 0.5) is 11.4 Å². The number of hydrogen-bond acceptors (Lipinski definition) is 2. The number of benzene rings is 6. The molecular formula is C51H49NO. The summed E-state index contributed by atoms with van der Waals surface area (Å²) in [7, 11) is 0. The van der Waals surface area contributed by atoms with Crippen LogP contribution < -0.4 is 4.90 Å². The standard InChI is InChI=1S/C51H49NO/c1-34-28-31-44(43(32-34)41-24-14-21-37-20-13-23-40(49(37)41)36-18-9-6-10-19-36)52(45-25-15-27-48-50(45)42-22-11-12-26-47(42)53-48)46-33-38(51(2,3)4)29-30-39(46)35-16-7-5-8-17-35/h5,7-8,11-17,20-27,29-34,36H,6,9-10,18-19,28H2,1-4H3. The average molecular weight is 692 g/mol. The highest BCUT2D eigenvalue weighted by atomic mass is 16.3. The van der Waals surface area contributed by atoms with Gasteiger partial charge in [-0.3, -0.25) is 0 Å². The molecule has 1 heterocycles. The Bertz CT molecular complexity index is 2510. The summed E-state index contributed by atoms with van der Waals surface area (Å²) in [5.74, 6) is 1.01. The minimum absolute atomic E-state index is 0.0390. The monoisotopic (exact) mass is 691 g/mol. The molecule has 7 aromatic rings. The lowest BCUT2D eigenvalue weighted by Crippen LogP contribution is -2.22. The highest BCUT2D eigenvalue weighted by Crippen LogP contribution is 2.50. The molecule has 1 saturated carbocycles. The van der Waals surface area contributed by atoms with E-state index in [0.717, 1.165) is 34.0 Å². The van der Waals surface area contributed by atoms with Crippen molar-refractivity contribution in [2.24, 2.45) is 5.92 Å². The maximum Gasteiger partial charge on any atom is 0.137 e. The zero-order valence-corrected chi connectivity index (χ0v) is 31.5. The Morgan fingerprint density at radius 1 is 0.642 bits per heavy atom. The third-order valence-electron chi connectivity index (χ3n) is 11.7. The Labute approximate surface area is 314 Å². The maximum absolute atomic E-state index is 6.57. The Kier molecular flexibility index (Phi) is 8.58. The Morgan fingerprint density at radius 3 is 2.19 bits per heavy atom. The van der Waals surface area contributed by atoms with Gasteiger partial charge in [-0.1, -0.05) is 162 Å². The van der Waals surface area contributed by atoms with E-state index in [-0.39, 0.29) is 5.41 Å². The van der Waals surface area contributed by atoms with Crippen molar-refractivity contribution in [2.45, 2.75) is 77.6 Å². The van der Waals surface area contributed by atoms with Crippen molar-refractivity contribution < 1.29 is 4.42 Å². The van der Waals surface area contributed by atoms with E-state index in [2.05, 4.69) is 172 Å². The van der Waals surface area contributed by atoms with Crippen molar-refractivity contribution in [2.75, 3.05) is 4.90 Å². The van der Waals surface area contributed by atoms with Crippen molar-refractivity contribution in [1.29, 1.82) is 0 Å². The van der Waals surface area contributed by atoms with Crippen LogP contribution in [-0.2, 0) is 5.41 Å². The summed E-state index contributed by atoms with van der Waals surface area (Å²) in [6, 6.07) is 47.1. The minimum Gasteiger partial charge on any atom is -0.456 e. The van der Waals surface area contributed by atoms with E-state index in [0.29, 0.717) is 11.8 Å². The predicted octanol–water partition coefficient (Wildman–Crippen LogP) is 14.9. The van der Waals surface area contributed by atoms with Gasteiger partial charge in [0.2, 0.25) is 0 Å². The lowest BCUT2D eigenvalue weighted by molar-refractivity contribution is 0.445. The molecule has 1 unspecified atom stereocenters. The summed E-state index contributed by atoms with van der Waals surface area (Å²) in [6.45, 7) is 9.32. The molecule has 2 aliphatic carbocycles. The SMILES string of the molecule is CC1C=C(c2cccc3cccc(C4CCCCC4)c23)C(N(c2cc(C(C)(C)C)ccc2-c2ccccc2)c2cccc3oc4ccccc4c23)=CC1. The number of allylic oxidation sites excluding steroid dienone is 3. The minimum atomic E-state index is -0.0390. The molecule has 1 aromatic heterocycles. The lowest BCUT2D eigenvalue weighted by Gasteiger charge is -2.36. The van der Waals surface area contributed by atoms with Gasteiger partial charge < -0.3 is 9.32 Å². The van der Waals surface area contributed by atoms with Crippen molar-refractivity contribution >= 4 is 49.7 Å². The van der Waals surface area contributed by atoms with Crippen LogP contribution >= 0.6 is 0 Å². The number of furan rings is 1. The predicted molar refractivity (Wildman–Crippen MR) is 226 cm³/mol. The van der Waals surface area contributed by atoms with Crippen molar-refractivity contribution in [3.63, 3.8) is 0 Å². The van der Waals surface area contributed by atoms with Gasteiger partial charge in [0.25, 0.3) is 0 Å². The molecule has 1 fully saturated rings. The van der Waals surface area contributed by atoms with Gasteiger partial charge in [-0.05, 0) is 93.8 Å². The molecule has 2 nitrogen and oxygen atoms in total. The second kappa shape index (κ2) is 13.6. The van der Waals surface area contributed by atoms with Gasteiger partial charge in [-0.15, -0.1) is 0 Å². The van der Waals surface area contributed by atoms with E-state index in [1.165, 1.54) is 87.7 Å². The first-order chi connectivity index (χ1) is 25.8. The van der Waals surface area contributed by atoms with E-state index in [1.807, 2.05) is 0 Å². The third kappa shape index (κ3) is 6.09. The number of para-hydroxylation sites is 1. The van der Waals surface area contributed by atoms with Crippen LogP contribution in [0.25, 0.3) is 49.4 Å². The normalized spacial score (nSPS) is 16.9. The first kappa shape index (κ1) is 33.5. The van der Waals surface area contributed by atoms with Crippen molar-refractivity contribution in [1.82, 2.24) is 0 Å². The molecular weight excluding hydrogens is 643 g/mol. The van der Waals surface area contributed by atoms with Crippen LogP contribution in [0.2, 0.25) is 0 Å². The molecule has 0 aliphatic heterocycles. The van der Waals surface area contributed by atoms with Gasteiger partial charge in [-0.2, -0.15) is 0 Å². The molecule has 0 radical (unpaired) electrons. The molecule has 264 valence electrons. The van der Waals surface area contributed by atoms with Gasteiger partial charge in [0, 0.05) is 22.2 Å². The molecule has 2 aliphatic rings. The number of hydrogen-bond donors (Lipinski definition) is 0. The summed E-state index contributed by atoms with van der Waals surface area (Å²) < 4.78 is 6.57. The Morgan fingerprint density at radius 2 is 1.38 bits per heavy atom. The van der Waals surface area contributed by atoms with Crippen LogP contribution in [0.5, 0.6) is 0 Å². The average Bonchev–Trinajstić information content (AvgIpc) is 3.58. The quantitative estimate of drug-likeness (QED) is 0.173. The number of nitrogens with zero attached hydrogens (tertiary/aromatic N) is 1.